The minimum atomic E-state index is -0.283. The fraction of sp³-hybridized carbons (Fsp3) is 0.250. The van der Waals surface area contributed by atoms with Crippen LogP contribution in [0.4, 0.5) is 4.39 Å². The summed E-state index contributed by atoms with van der Waals surface area (Å²) >= 11 is 1.49. The second-order valence-corrected chi connectivity index (χ2v) is 7.52. The lowest BCUT2D eigenvalue weighted by Crippen LogP contribution is -2.11. The molecule has 0 N–H and O–H groups in total. The van der Waals surface area contributed by atoms with Crippen molar-refractivity contribution in [1.29, 1.82) is 0 Å². The Morgan fingerprint density at radius 1 is 1.08 bits per heavy atom. The summed E-state index contributed by atoms with van der Waals surface area (Å²) in [6.07, 6.45) is 2.47. The van der Waals surface area contributed by atoms with Crippen LogP contribution in [-0.2, 0) is 11.3 Å². The Balaban J connectivity index is 1.71. The predicted octanol–water partition coefficient (Wildman–Crippen LogP) is 4.35. The van der Waals surface area contributed by atoms with Crippen LogP contribution in [0, 0.1) is 5.82 Å². The van der Waals surface area contributed by atoms with E-state index in [9.17, 15) is 9.18 Å². The molecule has 0 amide bonds. The molecule has 4 nitrogen and oxygen atoms in total. The number of ketones is 1. The molecule has 0 saturated heterocycles. The van der Waals surface area contributed by atoms with Crippen molar-refractivity contribution in [3.63, 3.8) is 0 Å². The standard InChI is InChI=1S/C20H18FN3OS/c21-16-11-9-15(10-12-16)19-22-23-20(26-18-8-4-7-17(18)25)24(19)13-14-5-2-1-3-6-14/h1-3,5-6,9-12,18H,4,7-8,13H2. The maximum absolute atomic E-state index is 13.3. The van der Waals surface area contributed by atoms with Gasteiger partial charge in [0, 0.05) is 12.0 Å². The molecule has 132 valence electrons. The third kappa shape index (κ3) is 3.55. The van der Waals surface area contributed by atoms with Crippen molar-refractivity contribution in [2.45, 2.75) is 36.2 Å². The Bertz CT molecular complexity index is 909. The van der Waals surface area contributed by atoms with Gasteiger partial charge in [-0.15, -0.1) is 10.2 Å². The molecule has 1 fully saturated rings. The second kappa shape index (κ2) is 7.41. The molecule has 1 saturated carbocycles. The second-order valence-electron chi connectivity index (χ2n) is 6.35. The average molecular weight is 367 g/mol. The number of nitrogens with zero attached hydrogens (tertiary/aromatic N) is 3. The van der Waals surface area contributed by atoms with Crippen LogP contribution in [0.5, 0.6) is 0 Å². The highest BCUT2D eigenvalue weighted by molar-refractivity contribution is 8.00. The molecule has 0 radical (unpaired) electrons. The monoisotopic (exact) mass is 367 g/mol. The minimum Gasteiger partial charge on any atom is -0.298 e. The lowest BCUT2D eigenvalue weighted by Gasteiger charge is -2.12. The molecule has 0 bridgehead atoms. The molecule has 1 heterocycles. The smallest absolute Gasteiger partial charge is 0.192 e. The van der Waals surface area contributed by atoms with Gasteiger partial charge in [0.2, 0.25) is 0 Å². The zero-order chi connectivity index (χ0) is 17.9. The summed E-state index contributed by atoms with van der Waals surface area (Å²) in [5, 5.41) is 9.36. The molecule has 1 unspecified atom stereocenters. The highest BCUT2D eigenvalue weighted by Crippen LogP contribution is 2.33. The van der Waals surface area contributed by atoms with E-state index in [0.717, 1.165) is 29.1 Å². The Morgan fingerprint density at radius 3 is 2.54 bits per heavy atom. The van der Waals surface area contributed by atoms with Gasteiger partial charge in [0.15, 0.2) is 11.0 Å². The quantitative estimate of drug-likeness (QED) is 0.673. The molecule has 1 atom stereocenters. The maximum Gasteiger partial charge on any atom is 0.192 e. The van der Waals surface area contributed by atoms with Gasteiger partial charge in [-0.25, -0.2) is 4.39 Å². The summed E-state index contributed by atoms with van der Waals surface area (Å²) in [5.41, 5.74) is 1.93. The van der Waals surface area contributed by atoms with E-state index in [-0.39, 0.29) is 16.9 Å². The first-order valence-electron chi connectivity index (χ1n) is 8.63. The largest absolute Gasteiger partial charge is 0.298 e. The highest BCUT2D eigenvalue weighted by atomic mass is 32.2. The van der Waals surface area contributed by atoms with Crippen LogP contribution in [0.2, 0.25) is 0 Å². The molecule has 0 spiro atoms. The van der Waals surface area contributed by atoms with Crippen molar-refractivity contribution >= 4 is 17.5 Å². The van der Waals surface area contributed by atoms with Crippen LogP contribution < -0.4 is 0 Å². The molecule has 1 aliphatic rings. The molecule has 3 aromatic rings. The fourth-order valence-corrected chi connectivity index (χ4v) is 4.29. The Hall–Kier alpha value is -2.47. The van der Waals surface area contributed by atoms with E-state index in [1.54, 1.807) is 12.1 Å². The molecule has 26 heavy (non-hydrogen) atoms. The van der Waals surface area contributed by atoms with E-state index in [2.05, 4.69) is 10.2 Å². The third-order valence-electron chi connectivity index (χ3n) is 4.50. The SMILES string of the molecule is O=C1CCCC1Sc1nnc(-c2ccc(F)cc2)n1Cc1ccccc1. The van der Waals surface area contributed by atoms with Gasteiger partial charge in [-0.2, -0.15) is 0 Å². The topological polar surface area (TPSA) is 47.8 Å². The molecule has 4 rings (SSSR count). The first-order chi connectivity index (χ1) is 12.7. The van der Waals surface area contributed by atoms with E-state index in [1.165, 1.54) is 23.9 Å². The van der Waals surface area contributed by atoms with Crippen molar-refractivity contribution in [3.05, 3.63) is 66.0 Å². The van der Waals surface area contributed by atoms with Gasteiger partial charge >= 0.3 is 0 Å². The Labute approximate surface area is 155 Å². The summed E-state index contributed by atoms with van der Waals surface area (Å²) in [6.45, 7) is 0.601. The summed E-state index contributed by atoms with van der Waals surface area (Å²) < 4.78 is 15.3. The minimum absolute atomic E-state index is 0.0465. The molecular weight excluding hydrogens is 349 g/mol. The van der Waals surface area contributed by atoms with Crippen LogP contribution in [0.1, 0.15) is 24.8 Å². The number of carbonyl (C=O) groups excluding carboxylic acids is 1. The highest BCUT2D eigenvalue weighted by Gasteiger charge is 2.28. The molecule has 2 aromatic carbocycles. The van der Waals surface area contributed by atoms with Gasteiger partial charge < -0.3 is 0 Å². The number of thioether (sulfide) groups is 1. The zero-order valence-corrected chi connectivity index (χ0v) is 15.0. The predicted molar refractivity (Wildman–Crippen MR) is 99.5 cm³/mol. The van der Waals surface area contributed by atoms with Crippen molar-refractivity contribution in [2.75, 3.05) is 0 Å². The zero-order valence-electron chi connectivity index (χ0n) is 14.1. The number of hydrogen-bond donors (Lipinski definition) is 0. The maximum atomic E-state index is 13.3. The van der Waals surface area contributed by atoms with Gasteiger partial charge in [0.05, 0.1) is 11.8 Å². The number of Topliss-reactive ketones (excluding diaryl/α,β-unsaturated/α-hetero) is 1. The number of benzene rings is 2. The molecular formula is C20H18FN3OS. The van der Waals surface area contributed by atoms with E-state index in [1.807, 2.05) is 34.9 Å². The first-order valence-corrected chi connectivity index (χ1v) is 9.51. The number of halogens is 1. The van der Waals surface area contributed by atoms with Crippen LogP contribution in [0.3, 0.4) is 0 Å². The molecule has 6 heteroatoms. The summed E-state index contributed by atoms with van der Waals surface area (Å²) in [5.74, 6) is 0.684. The van der Waals surface area contributed by atoms with Gasteiger partial charge in [0.1, 0.15) is 11.6 Å². The lowest BCUT2D eigenvalue weighted by molar-refractivity contribution is -0.116. The summed E-state index contributed by atoms with van der Waals surface area (Å²) in [6, 6.07) is 16.3. The van der Waals surface area contributed by atoms with Gasteiger partial charge in [-0.1, -0.05) is 42.1 Å². The van der Waals surface area contributed by atoms with Crippen molar-refractivity contribution < 1.29 is 9.18 Å². The number of hydrogen-bond acceptors (Lipinski definition) is 4. The molecule has 1 aromatic heterocycles. The van der Waals surface area contributed by atoms with Crippen LogP contribution >= 0.6 is 11.8 Å². The van der Waals surface area contributed by atoms with Crippen molar-refractivity contribution in [2.24, 2.45) is 0 Å². The van der Waals surface area contributed by atoms with E-state index in [4.69, 9.17) is 0 Å². The van der Waals surface area contributed by atoms with Gasteiger partial charge in [-0.3, -0.25) is 9.36 Å². The molecule has 1 aliphatic carbocycles. The fourth-order valence-electron chi connectivity index (χ4n) is 3.13. The van der Waals surface area contributed by atoms with Crippen LogP contribution in [-0.4, -0.2) is 25.8 Å². The number of carbonyl (C=O) groups is 1. The van der Waals surface area contributed by atoms with Gasteiger partial charge in [-0.05, 0) is 42.7 Å². The summed E-state index contributed by atoms with van der Waals surface area (Å²) in [4.78, 5) is 12.0. The average Bonchev–Trinajstić information content (AvgIpc) is 3.24. The van der Waals surface area contributed by atoms with Gasteiger partial charge in [0.25, 0.3) is 0 Å². The van der Waals surface area contributed by atoms with Crippen molar-refractivity contribution in [1.82, 2.24) is 14.8 Å². The third-order valence-corrected chi connectivity index (χ3v) is 5.80. The normalized spacial score (nSPS) is 17.0. The van der Waals surface area contributed by atoms with E-state index in [0.29, 0.717) is 18.8 Å². The first kappa shape index (κ1) is 17.0. The number of rotatable bonds is 5. The lowest BCUT2D eigenvalue weighted by atomic mass is 10.2. The van der Waals surface area contributed by atoms with Crippen LogP contribution in [0.25, 0.3) is 11.4 Å². The van der Waals surface area contributed by atoms with Crippen molar-refractivity contribution in [3.8, 4) is 11.4 Å². The Kier molecular flexibility index (Phi) is 4.84. The van der Waals surface area contributed by atoms with E-state index < -0.39 is 0 Å². The van der Waals surface area contributed by atoms with E-state index >= 15 is 0 Å². The Morgan fingerprint density at radius 2 is 1.85 bits per heavy atom. The summed E-state index contributed by atoms with van der Waals surface area (Å²) in [7, 11) is 0. The molecule has 0 aliphatic heterocycles. The number of aromatic nitrogens is 3. The van der Waals surface area contributed by atoms with Crippen LogP contribution in [0.15, 0.2) is 59.8 Å².